The Kier molecular flexibility index (Phi) is 5.02. The summed E-state index contributed by atoms with van der Waals surface area (Å²) >= 11 is 1.11. The summed E-state index contributed by atoms with van der Waals surface area (Å²) in [5, 5.41) is 13.9. The van der Waals surface area contributed by atoms with Gasteiger partial charge in [0.05, 0.1) is 17.2 Å². The summed E-state index contributed by atoms with van der Waals surface area (Å²) in [6.07, 6.45) is -0.270. The Morgan fingerprint density at radius 2 is 2.11 bits per heavy atom. The minimum Gasteiger partial charge on any atom is -0.486 e. The number of nitro benzene ring substituents is 1. The van der Waals surface area contributed by atoms with E-state index in [0.717, 1.165) is 11.8 Å². The molecule has 1 atom stereocenters. The van der Waals surface area contributed by atoms with Crippen molar-refractivity contribution in [3.05, 3.63) is 52.6 Å². The summed E-state index contributed by atoms with van der Waals surface area (Å²) in [7, 11) is 0. The summed E-state index contributed by atoms with van der Waals surface area (Å²) in [5.41, 5.74) is 0.745. The Morgan fingerprint density at radius 3 is 2.93 bits per heavy atom. The van der Waals surface area contributed by atoms with Crippen molar-refractivity contribution in [2.45, 2.75) is 11.3 Å². The molecule has 1 aliphatic rings. The van der Waals surface area contributed by atoms with Gasteiger partial charge in [0.1, 0.15) is 18.2 Å². The topological polar surface area (TPSA) is 117 Å². The first-order valence-corrected chi connectivity index (χ1v) is 9.40. The second kappa shape index (κ2) is 7.77. The van der Waals surface area contributed by atoms with Crippen LogP contribution < -0.4 is 14.8 Å². The smallest absolute Gasteiger partial charge is 0.271 e. The minimum absolute atomic E-state index is 0.0635. The zero-order valence-corrected chi connectivity index (χ0v) is 15.3. The number of fused-ring (bicyclic) bond motifs is 2. The number of nitro groups is 1. The molecule has 0 bridgehead atoms. The van der Waals surface area contributed by atoms with Crippen LogP contribution in [-0.2, 0) is 4.79 Å². The van der Waals surface area contributed by atoms with Crippen molar-refractivity contribution in [3.8, 4) is 11.5 Å². The molecule has 4 rings (SSSR count). The zero-order valence-electron chi connectivity index (χ0n) is 14.5. The van der Waals surface area contributed by atoms with Crippen molar-refractivity contribution < 1.29 is 23.6 Å². The number of nitrogens with zero attached hydrogens (tertiary/aromatic N) is 2. The quantitative estimate of drug-likeness (QED) is 0.381. The molecule has 0 fully saturated rings. The van der Waals surface area contributed by atoms with E-state index in [9.17, 15) is 14.9 Å². The Labute approximate surface area is 163 Å². The Bertz CT molecular complexity index is 1040. The van der Waals surface area contributed by atoms with Crippen LogP contribution in [0.15, 0.2) is 52.1 Å². The van der Waals surface area contributed by atoms with E-state index in [0.29, 0.717) is 35.8 Å². The maximum absolute atomic E-state index is 12.1. The largest absolute Gasteiger partial charge is 0.486 e. The van der Waals surface area contributed by atoms with Crippen LogP contribution in [-0.4, -0.2) is 40.8 Å². The summed E-state index contributed by atoms with van der Waals surface area (Å²) in [6, 6.07) is 11.5. The second-order valence-corrected chi connectivity index (χ2v) is 6.91. The molecule has 1 aromatic heterocycles. The van der Waals surface area contributed by atoms with Gasteiger partial charge in [0.25, 0.3) is 10.9 Å². The maximum Gasteiger partial charge on any atom is 0.271 e. The maximum atomic E-state index is 12.1. The average Bonchev–Trinajstić information content (AvgIpc) is 3.12. The second-order valence-electron chi connectivity index (χ2n) is 5.98. The summed E-state index contributed by atoms with van der Waals surface area (Å²) in [5.74, 6) is 1.24. The number of carbonyl (C=O) groups excluding carboxylic acids is 1. The fraction of sp³-hybridized carbons (Fsp3) is 0.222. The molecule has 144 valence electrons. The highest BCUT2D eigenvalue weighted by molar-refractivity contribution is 7.99. The SMILES string of the molecule is O=C(CSc1nc2cc([N+](=O)[O-])ccc2o1)NC[C@H]1COc2ccccc2O1. The van der Waals surface area contributed by atoms with Gasteiger partial charge in [-0.15, -0.1) is 0 Å². The number of rotatable bonds is 6. The van der Waals surface area contributed by atoms with Gasteiger partial charge >= 0.3 is 0 Å². The normalized spacial score (nSPS) is 15.4. The van der Waals surface area contributed by atoms with E-state index in [1.165, 1.54) is 18.2 Å². The number of aromatic nitrogens is 1. The van der Waals surface area contributed by atoms with Crippen LogP contribution in [0, 0.1) is 10.1 Å². The lowest BCUT2D eigenvalue weighted by atomic mass is 10.2. The lowest BCUT2D eigenvalue weighted by Crippen LogP contribution is -2.41. The number of thioether (sulfide) groups is 1. The lowest BCUT2D eigenvalue weighted by molar-refractivity contribution is -0.384. The van der Waals surface area contributed by atoms with E-state index < -0.39 is 4.92 Å². The number of amides is 1. The van der Waals surface area contributed by atoms with E-state index in [4.69, 9.17) is 13.9 Å². The lowest BCUT2D eigenvalue weighted by Gasteiger charge is -2.26. The molecule has 0 aliphatic carbocycles. The van der Waals surface area contributed by atoms with Crippen LogP contribution in [0.2, 0.25) is 0 Å². The van der Waals surface area contributed by atoms with Crippen LogP contribution in [0.1, 0.15) is 0 Å². The van der Waals surface area contributed by atoms with Crippen molar-refractivity contribution >= 4 is 34.5 Å². The average molecular weight is 401 g/mol. The van der Waals surface area contributed by atoms with Crippen LogP contribution in [0.5, 0.6) is 11.5 Å². The van der Waals surface area contributed by atoms with Gasteiger partial charge in [-0.05, 0) is 18.2 Å². The van der Waals surface area contributed by atoms with Crippen LogP contribution in [0.3, 0.4) is 0 Å². The highest BCUT2D eigenvalue weighted by Crippen LogP contribution is 2.30. The number of para-hydroxylation sites is 2. The van der Waals surface area contributed by atoms with Gasteiger partial charge in [0.2, 0.25) is 5.91 Å². The van der Waals surface area contributed by atoms with Crippen LogP contribution in [0.4, 0.5) is 5.69 Å². The van der Waals surface area contributed by atoms with Crippen molar-refractivity contribution in [1.82, 2.24) is 10.3 Å². The molecule has 28 heavy (non-hydrogen) atoms. The minimum atomic E-state index is -0.496. The highest BCUT2D eigenvalue weighted by Gasteiger charge is 2.21. The molecule has 2 heterocycles. The molecule has 10 heteroatoms. The van der Waals surface area contributed by atoms with Gasteiger partial charge in [-0.1, -0.05) is 23.9 Å². The monoisotopic (exact) mass is 401 g/mol. The molecule has 0 radical (unpaired) electrons. The van der Waals surface area contributed by atoms with Gasteiger partial charge in [-0.25, -0.2) is 4.98 Å². The molecule has 3 aromatic rings. The first-order chi connectivity index (χ1) is 13.6. The Balaban J connectivity index is 1.28. The molecule has 1 N–H and O–H groups in total. The molecular weight excluding hydrogens is 386 g/mol. The Morgan fingerprint density at radius 1 is 1.29 bits per heavy atom. The van der Waals surface area contributed by atoms with Gasteiger partial charge in [0, 0.05) is 12.1 Å². The third kappa shape index (κ3) is 4.01. The van der Waals surface area contributed by atoms with E-state index in [1.54, 1.807) is 0 Å². The fourth-order valence-corrected chi connectivity index (χ4v) is 3.31. The number of hydrogen-bond acceptors (Lipinski definition) is 8. The van der Waals surface area contributed by atoms with Gasteiger partial charge < -0.3 is 19.2 Å². The predicted molar refractivity (Wildman–Crippen MR) is 101 cm³/mol. The van der Waals surface area contributed by atoms with E-state index in [1.807, 2.05) is 24.3 Å². The van der Waals surface area contributed by atoms with Crippen LogP contribution >= 0.6 is 11.8 Å². The van der Waals surface area contributed by atoms with Crippen LogP contribution in [0.25, 0.3) is 11.1 Å². The van der Waals surface area contributed by atoms with Gasteiger partial charge in [0.15, 0.2) is 17.1 Å². The zero-order chi connectivity index (χ0) is 19.5. The molecule has 2 aromatic carbocycles. The number of nitrogens with one attached hydrogen (secondary N) is 1. The standard InChI is InChI=1S/C18H15N3O6S/c22-17(19-8-12-9-25-15-3-1-2-4-16(15)26-12)10-28-18-20-13-7-11(21(23)24)5-6-14(13)27-18/h1-7,12H,8-10H2,(H,19,22)/t12-/m0/s1. The van der Waals surface area contributed by atoms with E-state index in [2.05, 4.69) is 10.3 Å². The number of benzene rings is 2. The molecule has 0 unspecified atom stereocenters. The van der Waals surface area contributed by atoms with E-state index in [-0.39, 0.29) is 28.7 Å². The molecule has 1 amide bonds. The van der Waals surface area contributed by atoms with Crippen molar-refractivity contribution in [2.75, 3.05) is 18.9 Å². The molecule has 0 spiro atoms. The predicted octanol–water partition coefficient (Wildman–Crippen LogP) is 2.78. The molecule has 9 nitrogen and oxygen atoms in total. The molecular formula is C18H15N3O6S. The first-order valence-electron chi connectivity index (χ1n) is 8.41. The highest BCUT2D eigenvalue weighted by atomic mass is 32.2. The third-order valence-electron chi connectivity index (χ3n) is 3.98. The van der Waals surface area contributed by atoms with Gasteiger partial charge in [-0.2, -0.15) is 0 Å². The number of oxazole rings is 1. The Hall–Kier alpha value is -3.27. The number of ether oxygens (including phenoxy) is 2. The first kappa shape index (κ1) is 18.1. The van der Waals surface area contributed by atoms with E-state index >= 15 is 0 Å². The fourth-order valence-electron chi connectivity index (χ4n) is 2.64. The summed E-state index contributed by atoms with van der Waals surface area (Å²) in [6.45, 7) is 0.668. The summed E-state index contributed by atoms with van der Waals surface area (Å²) in [4.78, 5) is 26.6. The molecule has 1 aliphatic heterocycles. The van der Waals surface area contributed by atoms with Gasteiger partial charge in [-0.3, -0.25) is 14.9 Å². The van der Waals surface area contributed by atoms with Crippen molar-refractivity contribution in [2.24, 2.45) is 0 Å². The number of hydrogen-bond donors (Lipinski definition) is 1. The molecule has 0 saturated heterocycles. The summed E-state index contributed by atoms with van der Waals surface area (Å²) < 4.78 is 16.9. The van der Waals surface area contributed by atoms with Crippen molar-refractivity contribution in [1.29, 1.82) is 0 Å². The van der Waals surface area contributed by atoms with Crippen molar-refractivity contribution in [3.63, 3.8) is 0 Å². The molecule has 0 saturated carbocycles. The number of carbonyl (C=O) groups is 1. The number of non-ortho nitro benzene ring substituents is 1. The third-order valence-corrected chi connectivity index (χ3v) is 4.81.